The van der Waals surface area contributed by atoms with Gasteiger partial charge in [0.1, 0.15) is 18.2 Å². The summed E-state index contributed by atoms with van der Waals surface area (Å²) in [5.74, 6) is -1.38. The van der Waals surface area contributed by atoms with Crippen molar-refractivity contribution >= 4 is 51.2 Å². The number of amides is 3. The molecule has 6 rings (SSSR count). The van der Waals surface area contributed by atoms with Gasteiger partial charge in [0.05, 0.1) is 18.5 Å². The fourth-order valence-electron chi connectivity index (χ4n) is 6.04. The summed E-state index contributed by atoms with van der Waals surface area (Å²) in [6, 6.07) is 37.7. The summed E-state index contributed by atoms with van der Waals surface area (Å²) in [5, 5.41) is 2.11. The zero-order chi connectivity index (χ0) is 31.5. The SMILES string of the molecule is COc1ccc(N(C(=O)CN2C(=O)C(Cc3ccc4ccccc4c3)C(=O)N(c3ccccc3)c3ccccc32)C(C)C)cc1. The summed E-state index contributed by atoms with van der Waals surface area (Å²) in [5.41, 5.74) is 3.28. The number of anilines is 4. The van der Waals surface area contributed by atoms with Crippen molar-refractivity contribution in [3.05, 3.63) is 127 Å². The van der Waals surface area contributed by atoms with Crippen molar-refractivity contribution in [3.63, 3.8) is 0 Å². The van der Waals surface area contributed by atoms with E-state index < -0.39 is 11.8 Å². The highest BCUT2D eigenvalue weighted by Gasteiger charge is 2.42. The van der Waals surface area contributed by atoms with Crippen LogP contribution >= 0.6 is 0 Å². The quantitative estimate of drug-likeness (QED) is 0.178. The van der Waals surface area contributed by atoms with E-state index in [1.54, 1.807) is 35.1 Å². The molecule has 226 valence electrons. The Hall–Kier alpha value is -5.43. The van der Waals surface area contributed by atoms with Crippen molar-refractivity contribution in [3.8, 4) is 5.75 Å². The number of para-hydroxylation sites is 3. The predicted octanol–water partition coefficient (Wildman–Crippen LogP) is 7.16. The summed E-state index contributed by atoms with van der Waals surface area (Å²) in [4.78, 5) is 48.0. The van der Waals surface area contributed by atoms with Crippen LogP contribution in [0.3, 0.4) is 0 Å². The van der Waals surface area contributed by atoms with Gasteiger partial charge in [-0.1, -0.05) is 72.8 Å². The van der Waals surface area contributed by atoms with Gasteiger partial charge in [-0.25, -0.2) is 0 Å². The average molecular weight is 598 g/mol. The lowest BCUT2D eigenvalue weighted by Gasteiger charge is -2.31. The van der Waals surface area contributed by atoms with Crippen molar-refractivity contribution in [1.82, 2.24) is 0 Å². The molecular weight excluding hydrogens is 562 g/mol. The summed E-state index contributed by atoms with van der Waals surface area (Å²) in [6.45, 7) is 3.64. The van der Waals surface area contributed by atoms with Gasteiger partial charge in [0, 0.05) is 17.4 Å². The second-order valence-electron chi connectivity index (χ2n) is 11.4. The van der Waals surface area contributed by atoms with E-state index in [1.807, 2.05) is 117 Å². The van der Waals surface area contributed by atoms with Crippen molar-refractivity contribution in [2.45, 2.75) is 26.3 Å². The third kappa shape index (κ3) is 5.89. The lowest BCUT2D eigenvalue weighted by Crippen LogP contribution is -2.48. The Balaban J connectivity index is 1.43. The van der Waals surface area contributed by atoms with E-state index in [2.05, 4.69) is 0 Å². The van der Waals surface area contributed by atoms with Crippen molar-refractivity contribution < 1.29 is 19.1 Å². The zero-order valence-electron chi connectivity index (χ0n) is 25.6. The van der Waals surface area contributed by atoms with Gasteiger partial charge in [-0.3, -0.25) is 19.3 Å². The number of rotatable bonds is 8. The smallest absolute Gasteiger partial charge is 0.247 e. The summed E-state index contributed by atoms with van der Waals surface area (Å²) >= 11 is 0. The minimum Gasteiger partial charge on any atom is -0.497 e. The second-order valence-corrected chi connectivity index (χ2v) is 11.4. The van der Waals surface area contributed by atoms with Gasteiger partial charge in [0.15, 0.2) is 0 Å². The van der Waals surface area contributed by atoms with Crippen LogP contribution in [0.1, 0.15) is 19.4 Å². The van der Waals surface area contributed by atoms with E-state index in [4.69, 9.17) is 4.74 Å². The lowest BCUT2D eigenvalue weighted by molar-refractivity contribution is -0.132. The second kappa shape index (κ2) is 12.7. The van der Waals surface area contributed by atoms with Crippen LogP contribution in [0.4, 0.5) is 22.7 Å². The van der Waals surface area contributed by atoms with Crippen LogP contribution in [0.2, 0.25) is 0 Å². The molecule has 1 heterocycles. The number of benzene rings is 5. The highest BCUT2D eigenvalue weighted by molar-refractivity contribution is 6.21. The molecule has 0 fully saturated rings. The van der Waals surface area contributed by atoms with Crippen LogP contribution in [0.15, 0.2) is 121 Å². The number of fused-ring (bicyclic) bond motifs is 2. The fourth-order valence-corrected chi connectivity index (χ4v) is 6.04. The Kier molecular flexibility index (Phi) is 8.34. The minimum absolute atomic E-state index is 0.181. The van der Waals surface area contributed by atoms with Crippen LogP contribution in [0.25, 0.3) is 10.8 Å². The third-order valence-corrected chi connectivity index (χ3v) is 8.19. The first-order valence-electron chi connectivity index (χ1n) is 15.1. The molecule has 0 radical (unpaired) electrons. The van der Waals surface area contributed by atoms with E-state index in [9.17, 15) is 14.4 Å². The highest BCUT2D eigenvalue weighted by Crippen LogP contribution is 2.40. The number of nitrogens with zero attached hydrogens (tertiary/aromatic N) is 3. The molecule has 1 unspecified atom stereocenters. The van der Waals surface area contributed by atoms with Crippen molar-refractivity contribution in [2.24, 2.45) is 5.92 Å². The zero-order valence-corrected chi connectivity index (χ0v) is 25.6. The maximum absolute atomic E-state index is 14.6. The van der Waals surface area contributed by atoms with Crippen LogP contribution < -0.4 is 19.4 Å². The molecule has 0 aliphatic carbocycles. The molecule has 5 aromatic carbocycles. The number of methoxy groups -OCH3 is 1. The van der Waals surface area contributed by atoms with E-state index >= 15 is 0 Å². The van der Waals surface area contributed by atoms with Gasteiger partial charge >= 0.3 is 0 Å². The van der Waals surface area contributed by atoms with Crippen molar-refractivity contribution in [1.29, 1.82) is 0 Å². The maximum atomic E-state index is 14.6. The third-order valence-electron chi connectivity index (χ3n) is 8.19. The topological polar surface area (TPSA) is 70.2 Å². The molecule has 0 N–H and O–H groups in total. The van der Waals surface area contributed by atoms with Gasteiger partial charge < -0.3 is 14.5 Å². The molecule has 0 saturated carbocycles. The molecule has 1 aliphatic heterocycles. The molecule has 1 atom stereocenters. The molecule has 7 heteroatoms. The summed E-state index contributed by atoms with van der Waals surface area (Å²) in [6.07, 6.45) is 0.191. The van der Waals surface area contributed by atoms with Crippen LogP contribution in [-0.4, -0.2) is 37.4 Å². The van der Waals surface area contributed by atoms with Gasteiger partial charge in [0.2, 0.25) is 17.7 Å². The van der Waals surface area contributed by atoms with Gasteiger partial charge in [-0.15, -0.1) is 0 Å². The Labute approximate surface area is 263 Å². The van der Waals surface area contributed by atoms with Crippen molar-refractivity contribution in [2.75, 3.05) is 28.4 Å². The molecule has 3 amide bonds. The first kappa shape index (κ1) is 29.6. The van der Waals surface area contributed by atoms with E-state index in [0.717, 1.165) is 16.3 Å². The Morgan fingerprint density at radius 3 is 2.09 bits per heavy atom. The molecule has 0 bridgehead atoms. The van der Waals surface area contributed by atoms with Gasteiger partial charge in [0.25, 0.3) is 0 Å². The fraction of sp³-hybridized carbons (Fsp3) is 0.184. The first-order chi connectivity index (χ1) is 21.9. The molecule has 0 saturated heterocycles. The van der Waals surface area contributed by atoms with Gasteiger partial charge in [-0.05, 0) is 85.1 Å². The van der Waals surface area contributed by atoms with E-state index in [1.165, 1.54) is 4.90 Å². The molecule has 45 heavy (non-hydrogen) atoms. The standard InChI is InChI=1S/C38H35N3O4/c1-26(2)40(31-19-21-32(45-3)22-20-31)36(42)25-39-34-15-9-10-16-35(34)41(30-13-5-4-6-14-30)38(44)33(37(39)43)24-27-17-18-28-11-7-8-12-29(28)23-27/h4-23,26,33H,24-25H2,1-3H3. The summed E-state index contributed by atoms with van der Waals surface area (Å²) in [7, 11) is 1.59. The summed E-state index contributed by atoms with van der Waals surface area (Å²) < 4.78 is 5.31. The number of ether oxygens (including phenoxy) is 1. The first-order valence-corrected chi connectivity index (χ1v) is 15.1. The van der Waals surface area contributed by atoms with E-state index in [0.29, 0.717) is 28.5 Å². The highest BCUT2D eigenvalue weighted by atomic mass is 16.5. The Morgan fingerprint density at radius 1 is 0.756 bits per heavy atom. The molecule has 0 aromatic heterocycles. The van der Waals surface area contributed by atoms with Gasteiger partial charge in [-0.2, -0.15) is 0 Å². The molecule has 1 aliphatic rings. The number of carbonyl (C=O) groups excluding carboxylic acids is 3. The predicted molar refractivity (Wildman–Crippen MR) is 179 cm³/mol. The number of hydrogen-bond donors (Lipinski definition) is 0. The Bertz CT molecular complexity index is 1850. The molecule has 7 nitrogen and oxygen atoms in total. The van der Waals surface area contributed by atoms with Crippen LogP contribution in [0, 0.1) is 5.92 Å². The normalized spacial score (nSPS) is 14.8. The Morgan fingerprint density at radius 2 is 1.40 bits per heavy atom. The van der Waals surface area contributed by atoms with E-state index in [-0.39, 0.29) is 30.8 Å². The molecule has 0 spiro atoms. The molecular formula is C38H35N3O4. The maximum Gasteiger partial charge on any atom is 0.247 e. The minimum atomic E-state index is -1.06. The lowest BCUT2D eigenvalue weighted by atomic mass is 9.94. The molecule has 5 aromatic rings. The van der Waals surface area contributed by atoms with Crippen LogP contribution in [-0.2, 0) is 20.8 Å². The number of carbonyl (C=O) groups is 3. The largest absolute Gasteiger partial charge is 0.497 e. The number of hydrogen-bond acceptors (Lipinski definition) is 4. The monoisotopic (exact) mass is 597 g/mol. The van der Waals surface area contributed by atoms with Crippen LogP contribution in [0.5, 0.6) is 5.75 Å². The average Bonchev–Trinajstić information content (AvgIpc) is 3.14.